The summed E-state index contributed by atoms with van der Waals surface area (Å²) in [6.07, 6.45) is 7.36. The van der Waals surface area contributed by atoms with E-state index in [4.69, 9.17) is 0 Å². The molecular weight excluding hydrogens is 226 g/mol. The quantitative estimate of drug-likeness (QED) is 0.802. The molecule has 4 saturated carbocycles. The van der Waals surface area contributed by atoms with E-state index < -0.39 is 0 Å². The van der Waals surface area contributed by atoms with Crippen molar-refractivity contribution in [3.63, 3.8) is 0 Å². The smallest absolute Gasteiger partial charge is 0.223 e. The largest absolute Gasteiger partial charge is 0.394 e. The molecule has 0 radical (unpaired) electrons. The van der Waals surface area contributed by atoms with Crippen molar-refractivity contribution >= 4 is 5.91 Å². The molecule has 4 bridgehead atoms. The van der Waals surface area contributed by atoms with Crippen molar-refractivity contribution in [2.45, 2.75) is 51.5 Å². The Balaban J connectivity index is 1.67. The zero-order valence-electron chi connectivity index (χ0n) is 11.3. The SMILES string of the molecule is CC[C@@H](CO)NC(=O)C1C2CC3CC(C2)CC1C3. The molecule has 4 fully saturated rings. The topological polar surface area (TPSA) is 49.3 Å². The molecular formula is C15H25NO2. The first-order chi connectivity index (χ1) is 8.71. The lowest BCUT2D eigenvalue weighted by molar-refractivity contribution is -0.139. The molecule has 1 atom stereocenters. The second kappa shape index (κ2) is 4.84. The van der Waals surface area contributed by atoms with E-state index in [1.54, 1.807) is 0 Å². The number of carbonyl (C=O) groups is 1. The normalized spacial score (nSPS) is 42.9. The Labute approximate surface area is 109 Å². The molecule has 0 heterocycles. The first-order valence-corrected chi connectivity index (χ1v) is 7.62. The lowest BCUT2D eigenvalue weighted by atomic mass is 9.51. The summed E-state index contributed by atoms with van der Waals surface area (Å²) in [5.74, 6) is 3.57. The van der Waals surface area contributed by atoms with Crippen LogP contribution in [0, 0.1) is 29.6 Å². The minimum Gasteiger partial charge on any atom is -0.394 e. The van der Waals surface area contributed by atoms with E-state index in [9.17, 15) is 9.90 Å². The molecule has 4 rings (SSSR count). The summed E-state index contributed by atoms with van der Waals surface area (Å²) in [5.41, 5.74) is 0. The molecule has 2 N–H and O–H groups in total. The highest BCUT2D eigenvalue weighted by molar-refractivity contribution is 5.80. The number of hydrogen-bond acceptors (Lipinski definition) is 2. The van der Waals surface area contributed by atoms with Gasteiger partial charge in [0.15, 0.2) is 0 Å². The highest BCUT2D eigenvalue weighted by Crippen LogP contribution is 2.56. The first kappa shape index (κ1) is 12.5. The molecule has 3 nitrogen and oxygen atoms in total. The van der Waals surface area contributed by atoms with Crippen molar-refractivity contribution in [1.29, 1.82) is 0 Å². The number of amides is 1. The van der Waals surface area contributed by atoms with Crippen LogP contribution in [0.2, 0.25) is 0 Å². The van der Waals surface area contributed by atoms with Gasteiger partial charge in [0.1, 0.15) is 0 Å². The molecule has 0 aromatic rings. The molecule has 1 amide bonds. The van der Waals surface area contributed by atoms with Crippen LogP contribution in [-0.4, -0.2) is 23.7 Å². The van der Waals surface area contributed by atoms with E-state index in [0.29, 0.717) is 11.8 Å². The molecule has 0 spiro atoms. The van der Waals surface area contributed by atoms with Gasteiger partial charge in [0.05, 0.1) is 12.6 Å². The molecule has 0 aliphatic heterocycles. The van der Waals surface area contributed by atoms with Gasteiger partial charge in [-0.3, -0.25) is 4.79 Å². The zero-order chi connectivity index (χ0) is 12.7. The lowest BCUT2D eigenvalue weighted by Gasteiger charge is -2.53. The fraction of sp³-hybridized carbons (Fsp3) is 0.933. The Kier molecular flexibility index (Phi) is 3.35. The summed E-state index contributed by atoms with van der Waals surface area (Å²) in [4.78, 5) is 12.4. The Morgan fingerprint density at radius 1 is 1.17 bits per heavy atom. The maximum Gasteiger partial charge on any atom is 0.223 e. The van der Waals surface area contributed by atoms with Crippen molar-refractivity contribution in [3.05, 3.63) is 0 Å². The lowest BCUT2D eigenvalue weighted by Crippen LogP contribution is -2.52. The van der Waals surface area contributed by atoms with Gasteiger partial charge in [-0.05, 0) is 62.2 Å². The van der Waals surface area contributed by atoms with Crippen LogP contribution >= 0.6 is 0 Å². The molecule has 3 heteroatoms. The molecule has 0 aromatic carbocycles. The summed E-state index contributed by atoms with van der Waals surface area (Å²) < 4.78 is 0. The predicted octanol–water partition coefficient (Wildman–Crippen LogP) is 1.95. The third kappa shape index (κ3) is 2.07. The number of hydrogen-bond donors (Lipinski definition) is 2. The summed E-state index contributed by atoms with van der Waals surface area (Å²) in [6.45, 7) is 2.08. The molecule has 0 unspecified atom stereocenters. The van der Waals surface area contributed by atoms with Gasteiger partial charge < -0.3 is 10.4 Å². The Morgan fingerprint density at radius 2 is 1.72 bits per heavy atom. The molecule has 4 aliphatic carbocycles. The predicted molar refractivity (Wildman–Crippen MR) is 69.8 cm³/mol. The molecule has 4 aliphatic rings. The highest BCUT2D eigenvalue weighted by atomic mass is 16.3. The molecule has 18 heavy (non-hydrogen) atoms. The molecule has 0 aromatic heterocycles. The number of nitrogens with one attached hydrogen (secondary N) is 1. The van der Waals surface area contributed by atoms with Crippen molar-refractivity contribution < 1.29 is 9.90 Å². The van der Waals surface area contributed by atoms with E-state index in [0.717, 1.165) is 18.3 Å². The fourth-order valence-electron chi connectivity index (χ4n) is 4.93. The first-order valence-electron chi connectivity index (χ1n) is 7.62. The minimum absolute atomic E-state index is 0.0466. The van der Waals surface area contributed by atoms with Gasteiger partial charge in [0.25, 0.3) is 0 Å². The van der Waals surface area contributed by atoms with Crippen LogP contribution in [0.1, 0.15) is 45.4 Å². The van der Waals surface area contributed by atoms with Crippen molar-refractivity contribution in [2.24, 2.45) is 29.6 Å². The van der Waals surface area contributed by atoms with Gasteiger partial charge in [0.2, 0.25) is 5.91 Å². The van der Waals surface area contributed by atoms with Crippen LogP contribution in [0.4, 0.5) is 0 Å². The van der Waals surface area contributed by atoms with Crippen molar-refractivity contribution in [3.8, 4) is 0 Å². The van der Waals surface area contributed by atoms with Gasteiger partial charge in [-0.1, -0.05) is 6.92 Å². The van der Waals surface area contributed by atoms with Crippen LogP contribution in [0.5, 0.6) is 0 Å². The average molecular weight is 251 g/mol. The summed E-state index contributed by atoms with van der Waals surface area (Å²) in [5, 5.41) is 12.3. The van der Waals surface area contributed by atoms with E-state index in [1.165, 1.54) is 32.1 Å². The van der Waals surface area contributed by atoms with E-state index in [1.807, 2.05) is 6.92 Å². The fourth-order valence-corrected chi connectivity index (χ4v) is 4.93. The van der Waals surface area contributed by atoms with E-state index in [-0.39, 0.29) is 24.5 Å². The van der Waals surface area contributed by atoms with Gasteiger partial charge in [-0.25, -0.2) is 0 Å². The number of aliphatic hydroxyl groups is 1. The number of rotatable bonds is 4. The average Bonchev–Trinajstić information content (AvgIpc) is 2.34. The second-order valence-electron chi connectivity index (χ2n) is 6.75. The summed E-state index contributed by atoms with van der Waals surface area (Å²) >= 11 is 0. The second-order valence-corrected chi connectivity index (χ2v) is 6.75. The monoisotopic (exact) mass is 251 g/mol. The number of aliphatic hydroxyl groups excluding tert-OH is 1. The maximum atomic E-state index is 12.4. The van der Waals surface area contributed by atoms with Crippen LogP contribution in [0.3, 0.4) is 0 Å². The van der Waals surface area contributed by atoms with Crippen LogP contribution in [-0.2, 0) is 4.79 Å². The van der Waals surface area contributed by atoms with Crippen LogP contribution in [0.15, 0.2) is 0 Å². The third-order valence-corrected chi connectivity index (χ3v) is 5.59. The maximum absolute atomic E-state index is 12.4. The van der Waals surface area contributed by atoms with Gasteiger partial charge >= 0.3 is 0 Å². The third-order valence-electron chi connectivity index (χ3n) is 5.59. The zero-order valence-corrected chi connectivity index (χ0v) is 11.3. The van der Waals surface area contributed by atoms with Crippen molar-refractivity contribution in [2.75, 3.05) is 6.61 Å². The van der Waals surface area contributed by atoms with Crippen LogP contribution in [0.25, 0.3) is 0 Å². The van der Waals surface area contributed by atoms with Crippen LogP contribution < -0.4 is 5.32 Å². The van der Waals surface area contributed by atoms with Gasteiger partial charge in [-0.2, -0.15) is 0 Å². The van der Waals surface area contributed by atoms with Gasteiger partial charge in [-0.15, -0.1) is 0 Å². The Hall–Kier alpha value is -0.570. The summed E-state index contributed by atoms with van der Waals surface area (Å²) in [7, 11) is 0. The Morgan fingerprint density at radius 3 is 2.17 bits per heavy atom. The number of carbonyl (C=O) groups excluding carboxylic acids is 1. The van der Waals surface area contributed by atoms with Crippen molar-refractivity contribution in [1.82, 2.24) is 5.32 Å². The molecule has 0 saturated heterocycles. The van der Waals surface area contributed by atoms with E-state index >= 15 is 0 Å². The Bertz CT molecular complexity index is 296. The molecule has 102 valence electrons. The van der Waals surface area contributed by atoms with E-state index in [2.05, 4.69) is 5.32 Å². The van der Waals surface area contributed by atoms with Gasteiger partial charge in [0, 0.05) is 5.92 Å². The minimum atomic E-state index is -0.0466. The standard InChI is InChI=1S/C15H25NO2/c1-2-13(8-17)16-15(18)14-11-4-9-3-10(6-11)7-12(14)5-9/h9-14,17H,2-8H2,1H3,(H,16,18)/t9?,10?,11?,12?,13-,14?/m0/s1. The highest BCUT2D eigenvalue weighted by Gasteiger charge is 2.50. The summed E-state index contributed by atoms with van der Waals surface area (Å²) in [6, 6.07) is -0.0466.